The maximum absolute atomic E-state index is 5.66. The Morgan fingerprint density at radius 3 is 2.53 bits per heavy atom. The predicted octanol–water partition coefficient (Wildman–Crippen LogP) is 3.53. The van der Waals surface area contributed by atoms with Crippen molar-refractivity contribution in [1.82, 2.24) is 10.3 Å². The Kier molecular flexibility index (Phi) is 6.46. The predicted molar refractivity (Wildman–Crippen MR) is 79.9 cm³/mol. The van der Waals surface area contributed by atoms with Crippen molar-refractivity contribution in [3.63, 3.8) is 0 Å². The Labute approximate surface area is 117 Å². The standard InChI is InChI=1S/C16H28N2O/c1-13(2)17-10-14-6-7-15(18-11-14)12-19-9-8-16(3,4)5/h6-7,11,13,17H,8-10,12H2,1-5H3. The van der Waals surface area contributed by atoms with Crippen LogP contribution in [0.5, 0.6) is 0 Å². The van der Waals surface area contributed by atoms with Crippen LogP contribution in [0.25, 0.3) is 0 Å². The largest absolute Gasteiger partial charge is 0.375 e. The zero-order valence-electron chi connectivity index (χ0n) is 13.0. The van der Waals surface area contributed by atoms with E-state index in [2.05, 4.69) is 57.1 Å². The van der Waals surface area contributed by atoms with E-state index in [-0.39, 0.29) is 0 Å². The number of hydrogen-bond donors (Lipinski definition) is 1. The molecule has 0 aromatic carbocycles. The second-order valence-corrected chi connectivity index (χ2v) is 6.56. The average molecular weight is 264 g/mol. The third-order valence-corrected chi connectivity index (χ3v) is 2.85. The summed E-state index contributed by atoms with van der Waals surface area (Å²) in [5.74, 6) is 0. The van der Waals surface area contributed by atoms with Crippen LogP contribution in [-0.2, 0) is 17.9 Å². The fourth-order valence-electron chi connectivity index (χ4n) is 1.52. The number of pyridine rings is 1. The first-order chi connectivity index (χ1) is 8.87. The van der Waals surface area contributed by atoms with Crippen molar-refractivity contribution in [2.45, 2.75) is 60.2 Å². The van der Waals surface area contributed by atoms with Gasteiger partial charge < -0.3 is 10.1 Å². The van der Waals surface area contributed by atoms with E-state index in [9.17, 15) is 0 Å². The normalized spacial score (nSPS) is 12.1. The van der Waals surface area contributed by atoms with Gasteiger partial charge in [0, 0.05) is 25.4 Å². The lowest BCUT2D eigenvalue weighted by atomic mass is 9.93. The Balaban J connectivity index is 2.28. The van der Waals surface area contributed by atoms with Gasteiger partial charge in [-0.25, -0.2) is 0 Å². The molecule has 0 unspecified atom stereocenters. The summed E-state index contributed by atoms with van der Waals surface area (Å²) >= 11 is 0. The van der Waals surface area contributed by atoms with Gasteiger partial charge in [-0.05, 0) is 23.5 Å². The molecule has 108 valence electrons. The lowest BCUT2D eigenvalue weighted by molar-refractivity contribution is 0.0941. The second-order valence-electron chi connectivity index (χ2n) is 6.56. The Bertz CT molecular complexity index is 352. The Morgan fingerprint density at radius 1 is 1.26 bits per heavy atom. The zero-order chi connectivity index (χ0) is 14.3. The van der Waals surface area contributed by atoms with Gasteiger partial charge >= 0.3 is 0 Å². The highest BCUT2D eigenvalue weighted by atomic mass is 16.5. The number of nitrogens with one attached hydrogen (secondary N) is 1. The molecule has 0 radical (unpaired) electrons. The quantitative estimate of drug-likeness (QED) is 0.765. The lowest BCUT2D eigenvalue weighted by Gasteiger charge is -2.17. The minimum atomic E-state index is 0.333. The van der Waals surface area contributed by atoms with Crippen LogP contribution in [-0.4, -0.2) is 17.6 Å². The molecular formula is C16H28N2O. The molecule has 1 heterocycles. The van der Waals surface area contributed by atoms with Gasteiger partial charge in [0.05, 0.1) is 12.3 Å². The minimum Gasteiger partial charge on any atom is -0.375 e. The molecule has 1 N–H and O–H groups in total. The summed E-state index contributed by atoms with van der Waals surface area (Å²) in [6.07, 6.45) is 3.00. The first-order valence-electron chi connectivity index (χ1n) is 7.12. The SMILES string of the molecule is CC(C)NCc1ccc(COCCC(C)(C)C)nc1. The van der Waals surface area contributed by atoms with Gasteiger partial charge in [0.2, 0.25) is 0 Å². The molecule has 0 fully saturated rings. The van der Waals surface area contributed by atoms with Crippen LogP contribution < -0.4 is 5.32 Å². The maximum atomic E-state index is 5.66. The highest BCUT2D eigenvalue weighted by Crippen LogP contribution is 2.18. The van der Waals surface area contributed by atoms with E-state index in [1.807, 2.05) is 6.20 Å². The number of hydrogen-bond acceptors (Lipinski definition) is 3. The van der Waals surface area contributed by atoms with Crippen molar-refractivity contribution in [2.24, 2.45) is 5.41 Å². The molecule has 0 amide bonds. The summed E-state index contributed by atoms with van der Waals surface area (Å²) < 4.78 is 5.66. The molecule has 0 saturated heterocycles. The third kappa shape index (κ3) is 7.96. The molecule has 0 aliphatic rings. The topological polar surface area (TPSA) is 34.1 Å². The lowest BCUT2D eigenvalue weighted by Crippen LogP contribution is -2.21. The van der Waals surface area contributed by atoms with Gasteiger partial charge in [0.25, 0.3) is 0 Å². The second kappa shape index (κ2) is 7.61. The number of ether oxygens (including phenoxy) is 1. The van der Waals surface area contributed by atoms with Gasteiger partial charge in [-0.2, -0.15) is 0 Å². The molecule has 3 heteroatoms. The van der Waals surface area contributed by atoms with Crippen molar-refractivity contribution < 1.29 is 4.74 Å². The molecule has 3 nitrogen and oxygen atoms in total. The van der Waals surface area contributed by atoms with E-state index in [0.29, 0.717) is 18.1 Å². The van der Waals surface area contributed by atoms with Crippen LogP contribution in [0.3, 0.4) is 0 Å². The fourth-order valence-corrected chi connectivity index (χ4v) is 1.52. The van der Waals surface area contributed by atoms with E-state index in [4.69, 9.17) is 4.74 Å². The summed E-state index contributed by atoms with van der Waals surface area (Å²) in [5.41, 5.74) is 2.55. The molecular weight excluding hydrogens is 236 g/mol. The van der Waals surface area contributed by atoms with Crippen LogP contribution >= 0.6 is 0 Å². The van der Waals surface area contributed by atoms with Gasteiger partial charge in [0.15, 0.2) is 0 Å². The molecule has 0 bridgehead atoms. The van der Waals surface area contributed by atoms with Crippen molar-refractivity contribution in [2.75, 3.05) is 6.61 Å². The first kappa shape index (κ1) is 16.1. The van der Waals surface area contributed by atoms with Crippen molar-refractivity contribution in [3.05, 3.63) is 29.6 Å². The van der Waals surface area contributed by atoms with E-state index in [1.165, 1.54) is 5.56 Å². The summed E-state index contributed by atoms with van der Waals surface area (Å²) in [4.78, 5) is 4.43. The Hall–Kier alpha value is -0.930. The summed E-state index contributed by atoms with van der Waals surface area (Å²) in [7, 11) is 0. The summed E-state index contributed by atoms with van der Waals surface area (Å²) in [6, 6.07) is 4.67. The monoisotopic (exact) mass is 264 g/mol. The van der Waals surface area contributed by atoms with Gasteiger partial charge in [-0.3, -0.25) is 4.98 Å². The van der Waals surface area contributed by atoms with Crippen molar-refractivity contribution >= 4 is 0 Å². The van der Waals surface area contributed by atoms with Crippen LogP contribution in [0.4, 0.5) is 0 Å². The molecule has 0 atom stereocenters. The van der Waals surface area contributed by atoms with Gasteiger partial charge in [0.1, 0.15) is 0 Å². The molecule has 0 spiro atoms. The molecule has 1 rings (SSSR count). The maximum Gasteiger partial charge on any atom is 0.0887 e. The highest BCUT2D eigenvalue weighted by molar-refractivity contribution is 5.13. The first-order valence-corrected chi connectivity index (χ1v) is 7.12. The molecule has 0 aliphatic carbocycles. The summed E-state index contributed by atoms with van der Waals surface area (Å²) in [6.45, 7) is 13.2. The minimum absolute atomic E-state index is 0.333. The zero-order valence-corrected chi connectivity index (χ0v) is 13.0. The molecule has 0 aliphatic heterocycles. The van der Waals surface area contributed by atoms with Crippen molar-refractivity contribution in [3.8, 4) is 0 Å². The van der Waals surface area contributed by atoms with Crippen LogP contribution in [0, 0.1) is 5.41 Å². The molecule has 19 heavy (non-hydrogen) atoms. The van der Waals surface area contributed by atoms with Crippen LogP contribution in [0.15, 0.2) is 18.3 Å². The highest BCUT2D eigenvalue weighted by Gasteiger charge is 2.09. The van der Waals surface area contributed by atoms with Gasteiger partial charge in [-0.1, -0.05) is 40.7 Å². The van der Waals surface area contributed by atoms with Crippen molar-refractivity contribution in [1.29, 1.82) is 0 Å². The van der Waals surface area contributed by atoms with E-state index in [0.717, 1.165) is 25.3 Å². The van der Waals surface area contributed by atoms with E-state index >= 15 is 0 Å². The Morgan fingerprint density at radius 2 is 2.00 bits per heavy atom. The van der Waals surface area contributed by atoms with E-state index < -0.39 is 0 Å². The molecule has 1 aromatic heterocycles. The summed E-state index contributed by atoms with van der Waals surface area (Å²) in [5, 5.41) is 3.38. The van der Waals surface area contributed by atoms with Gasteiger partial charge in [-0.15, -0.1) is 0 Å². The van der Waals surface area contributed by atoms with Crippen LogP contribution in [0.2, 0.25) is 0 Å². The van der Waals surface area contributed by atoms with E-state index in [1.54, 1.807) is 0 Å². The number of rotatable bonds is 7. The smallest absolute Gasteiger partial charge is 0.0887 e. The number of aromatic nitrogens is 1. The molecule has 1 aromatic rings. The fraction of sp³-hybridized carbons (Fsp3) is 0.688. The third-order valence-electron chi connectivity index (χ3n) is 2.85. The number of nitrogens with zero attached hydrogens (tertiary/aromatic N) is 1. The average Bonchev–Trinajstić information content (AvgIpc) is 2.32. The van der Waals surface area contributed by atoms with Crippen LogP contribution in [0.1, 0.15) is 52.3 Å². The molecule has 0 saturated carbocycles.